The van der Waals surface area contributed by atoms with Crippen LogP contribution in [0.5, 0.6) is 0 Å². The molecular formula is C21H22ClFN6. The number of nitrogen functional groups attached to an aromatic ring is 1. The molecule has 29 heavy (non-hydrogen) atoms. The molecule has 0 bridgehead atoms. The zero-order valence-electron chi connectivity index (χ0n) is 15.9. The third kappa shape index (κ3) is 4.35. The molecule has 3 N–H and O–H groups in total. The quantitative estimate of drug-likeness (QED) is 0.664. The van der Waals surface area contributed by atoms with Crippen LogP contribution in [-0.2, 0) is 6.54 Å². The highest BCUT2D eigenvalue weighted by Crippen LogP contribution is 2.28. The Morgan fingerprint density at radius 3 is 2.38 bits per heavy atom. The van der Waals surface area contributed by atoms with E-state index in [1.165, 1.54) is 18.5 Å². The summed E-state index contributed by atoms with van der Waals surface area (Å²) in [6.45, 7) is 3.67. The Kier molecular flexibility index (Phi) is 5.67. The third-order valence-electron chi connectivity index (χ3n) is 5.04. The van der Waals surface area contributed by atoms with Crippen LogP contribution in [0, 0.1) is 5.82 Å². The Morgan fingerprint density at radius 2 is 1.66 bits per heavy atom. The second-order valence-corrected chi connectivity index (χ2v) is 7.26. The third-order valence-corrected chi connectivity index (χ3v) is 5.41. The minimum atomic E-state index is -0.224. The van der Waals surface area contributed by atoms with E-state index < -0.39 is 0 Å². The maximum atomic E-state index is 13.1. The normalized spacial score (nSPS) is 14.1. The van der Waals surface area contributed by atoms with Crippen molar-refractivity contribution in [1.82, 2.24) is 9.97 Å². The van der Waals surface area contributed by atoms with Gasteiger partial charge in [0.05, 0.1) is 0 Å². The molecule has 8 heteroatoms. The van der Waals surface area contributed by atoms with Crippen molar-refractivity contribution in [2.24, 2.45) is 0 Å². The summed E-state index contributed by atoms with van der Waals surface area (Å²) in [6.07, 6.45) is 1.52. The lowest BCUT2D eigenvalue weighted by atomic mass is 10.2. The number of anilines is 4. The van der Waals surface area contributed by atoms with Crippen molar-refractivity contribution in [2.45, 2.75) is 6.54 Å². The molecule has 0 aliphatic carbocycles. The van der Waals surface area contributed by atoms with Crippen LogP contribution in [0.25, 0.3) is 0 Å². The second kappa shape index (κ2) is 8.53. The van der Waals surface area contributed by atoms with E-state index in [0.29, 0.717) is 23.1 Å². The number of hydrogen-bond acceptors (Lipinski definition) is 6. The van der Waals surface area contributed by atoms with Gasteiger partial charge in [0, 0.05) is 43.4 Å². The van der Waals surface area contributed by atoms with E-state index in [-0.39, 0.29) is 5.82 Å². The molecule has 0 spiro atoms. The predicted molar refractivity (Wildman–Crippen MR) is 116 cm³/mol. The minimum Gasteiger partial charge on any atom is -0.393 e. The number of rotatable bonds is 5. The maximum Gasteiger partial charge on any atom is 0.157 e. The fraction of sp³-hybridized carbons (Fsp3) is 0.238. The molecule has 1 aliphatic rings. The number of nitrogens with zero attached hydrogens (tertiary/aromatic N) is 4. The largest absolute Gasteiger partial charge is 0.393 e. The molecule has 2 heterocycles. The lowest BCUT2D eigenvalue weighted by molar-refractivity contribution is 0.624. The molecule has 150 valence electrons. The van der Waals surface area contributed by atoms with Gasteiger partial charge in [-0.3, -0.25) is 0 Å². The molecule has 0 radical (unpaired) electrons. The molecule has 0 atom stereocenters. The molecular weight excluding hydrogens is 391 g/mol. The average Bonchev–Trinajstić information content (AvgIpc) is 2.75. The molecule has 0 amide bonds. The van der Waals surface area contributed by atoms with Crippen molar-refractivity contribution in [3.8, 4) is 0 Å². The summed E-state index contributed by atoms with van der Waals surface area (Å²) in [5.74, 6) is 1.09. The van der Waals surface area contributed by atoms with E-state index in [1.54, 1.807) is 12.1 Å². The van der Waals surface area contributed by atoms with E-state index in [4.69, 9.17) is 17.3 Å². The van der Waals surface area contributed by atoms with Crippen LogP contribution < -0.4 is 20.9 Å². The van der Waals surface area contributed by atoms with Gasteiger partial charge >= 0.3 is 0 Å². The van der Waals surface area contributed by atoms with Crippen molar-refractivity contribution in [2.75, 3.05) is 47.0 Å². The standard InChI is InChI=1S/C21H22ClFN6/c22-18-4-2-1-3-15(18)13-25-20-19(24)21(27-14-26-20)29-11-9-28(10-12-29)17-7-5-16(23)6-8-17/h1-8,14H,9-13,24H2,(H,25,26,27). The Bertz CT molecular complexity index is 973. The summed E-state index contributed by atoms with van der Waals surface area (Å²) in [4.78, 5) is 13.1. The monoisotopic (exact) mass is 412 g/mol. The summed E-state index contributed by atoms with van der Waals surface area (Å²) < 4.78 is 13.1. The molecule has 0 unspecified atom stereocenters. The van der Waals surface area contributed by atoms with Gasteiger partial charge in [0.1, 0.15) is 17.8 Å². The van der Waals surface area contributed by atoms with Crippen LogP contribution in [0.4, 0.5) is 27.4 Å². The van der Waals surface area contributed by atoms with E-state index in [9.17, 15) is 4.39 Å². The van der Waals surface area contributed by atoms with Gasteiger partial charge < -0.3 is 20.9 Å². The molecule has 1 aromatic heterocycles. The first kappa shape index (κ1) is 19.3. The van der Waals surface area contributed by atoms with Gasteiger partial charge in [-0.25, -0.2) is 14.4 Å². The van der Waals surface area contributed by atoms with Crippen LogP contribution in [0.3, 0.4) is 0 Å². The summed E-state index contributed by atoms with van der Waals surface area (Å²) in [7, 11) is 0. The molecule has 2 aromatic carbocycles. The van der Waals surface area contributed by atoms with Crippen molar-refractivity contribution in [3.05, 3.63) is 71.3 Å². The SMILES string of the molecule is Nc1c(NCc2ccccc2Cl)ncnc1N1CCN(c2ccc(F)cc2)CC1. The van der Waals surface area contributed by atoms with Gasteiger partial charge in [-0.1, -0.05) is 29.8 Å². The average molecular weight is 413 g/mol. The fourth-order valence-electron chi connectivity index (χ4n) is 3.43. The van der Waals surface area contributed by atoms with Crippen LogP contribution in [0.15, 0.2) is 54.9 Å². The highest BCUT2D eigenvalue weighted by atomic mass is 35.5. The summed E-state index contributed by atoms with van der Waals surface area (Å²) in [5.41, 5.74) is 8.88. The topological polar surface area (TPSA) is 70.3 Å². The summed E-state index contributed by atoms with van der Waals surface area (Å²) in [6, 6.07) is 14.2. The van der Waals surface area contributed by atoms with Gasteiger partial charge in [-0.2, -0.15) is 0 Å². The molecule has 1 aliphatic heterocycles. The zero-order valence-corrected chi connectivity index (χ0v) is 16.6. The number of nitrogens with two attached hydrogens (primary N) is 1. The minimum absolute atomic E-state index is 0.224. The number of benzene rings is 2. The number of hydrogen-bond donors (Lipinski definition) is 2. The van der Waals surface area contributed by atoms with Gasteiger partial charge in [-0.15, -0.1) is 0 Å². The molecule has 1 saturated heterocycles. The maximum absolute atomic E-state index is 13.1. The van der Waals surface area contributed by atoms with Gasteiger partial charge in [0.25, 0.3) is 0 Å². The van der Waals surface area contributed by atoms with E-state index in [0.717, 1.165) is 43.2 Å². The van der Waals surface area contributed by atoms with E-state index in [2.05, 4.69) is 25.1 Å². The fourth-order valence-corrected chi connectivity index (χ4v) is 3.63. The molecule has 1 fully saturated rings. The van der Waals surface area contributed by atoms with Crippen molar-refractivity contribution in [1.29, 1.82) is 0 Å². The summed E-state index contributed by atoms with van der Waals surface area (Å²) in [5, 5.41) is 3.96. The Balaban J connectivity index is 1.42. The van der Waals surface area contributed by atoms with E-state index >= 15 is 0 Å². The van der Waals surface area contributed by atoms with Crippen LogP contribution in [-0.4, -0.2) is 36.1 Å². The Morgan fingerprint density at radius 1 is 0.966 bits per heavy atom. The van der Waals surface area contributed by atoms with Crippen molar-refractivity contribution in [3.63, 3.8) is 0 Å². The number of nitrogens with one attached hydrogen (secondary N) is 1. The lowest BCUT2D eigenvalue weighted by Crippen LogP contribution is -2.47. The lowest BCUT2D eigenvalue weighted by Gasteiger charge is -2.37. The van der Waals surface area contributed by atoms with Gasteiger partial charge in [0.15, 0.2) is 11.6 Å². The summed E-state index contributed by atoms with van der Waals surface area (Å²) >= 11 is 6.22. The van der Waals surface area contributed by atoms with Crippen LogP contribution in [0.2, 0.25) is 5.02 Å². The molecule has 4 rings (SSSR count). The molecule has 6 nitrogen and oxygen atoms in total. The first-order chi connectivity index (χ1) is 14.1. The van der Waals surface area contributed by atoms with E-state index in [1.807, 2.05) is 24.3 Å². The number of piperazine rings is 1. The Labute approximate surface area is 174 Å². The molecule has 3 aromatic rings. The first-order valence-electron chi connectivity index (χ1n) is 9.45. The highest BCUT2D eigenvalue weighted by molar-refractivity contribution is 6.31. The Hall–Kier alpha value is -3.06. The molecule has 0 saturated carbocycles. The highest BCUT2D eigenvalue weighted by Gasteiger charge is 2.21. The van der Waals surface area contributed by atoms with Gasteiger partial charge in [-0.05, 0) is 35.9 Å². The van der Waals surface area contributed by atoms with Crippen molar-refractivity contribution >= 4 is 34.6 Å². The number of aromatic nitrogens is 2. The van der Waals surface area contributed by atoms with Crippen molar-refractivity contribution < 1.29 is 4.39 Å². The zero-order chi connectivity index (χ0) is 20.2. The van der Waals surface area contributed by atoms with Crippen LogP contribution >= 0.6 is 11.6 Å². The van der Waals surface area contributed by atoms with Gasteiger partial charge in [0.2, 0.25) is 0 Å². The van der Waals surface area contributed by atoms with Crippen LogP contribution in [0.1, 0.15) is 5.56 Å². The predicted octanol–water partition coefficient (Wildman–Crippen LogP) is 3.79. The first-order valence-corrected chi connectivity index (χ1v) is 9.83. The smallest absolute Gasteiger partial charge is 0.157 e. The second-order valence-electron chi connectivity index (χ2n) is 6.86. The number of halogens is 2.